The molecule has 4 heteroatoms. The molecule has 0 bridgehead atoms. The standard InChI is InChI=1S/C6H12N2O2/c1-6(5(9)8-10)3-2-4-7-6/h7,10H,2-4H2,1H3,(H,8,9). The van der Waals surface area contributed by atoms with Gasteiger partial charge in [0.25, 0.3) is 5.91 Å². The van der Waals surface area contributed by atoms with E-state index in [1.54, 1.807) is 12.4 Å². The van der Waals surface area contributed by atoms with Crippen LogP contribution in [0.5, 0.6) is 0 Å². The second-order valence-corrected chi connectivity index (χ2v) is 2.80. The molecule has 1 aliphatic rings. The van der Waals surface area contributed by atoms with Gasteiger partial charge in [-0.3, -0.25) is 10.0 Å². The third-order valence-corrected chi connectivity index (χ3v) is 1.97. The summed E-state index contributed by atoms with van der Waals surface area (Å²) in [6.07, 6.45) is 1.78. The first-order valence-corrected chi connectivity index (χ1v) is 3.38. The molecule has 1 heterocycles. The number of hydroxylamine groups is 1. The Kier molecular flexibility index (Phi) is 1.92. The summed E-state index contributed by atoms with van der Waals surface area (Å²) >= 11 is 0. The molecular formula is C6H12N2O2. The highest BCUT2D eigenvalue weighted by molar-refractivity contribution is 5.85. The number of hydrogen-bond donors (Lipinski definition) is 3. The Hall–Kier alpha value is -0.610. The minimum absolute atomic E-state index is 0.343. The smallest absolute Gasteiger partial charge is 0.263 e. The van der Waals surface area contributed by atoms with Crippen LogP contribution >= 0.6 is 0 Å². The highest BCUT2D eigenvalue weighted by Gasteiger charge is 2.35. The Morgan fingerprint density at radius 2 is 2.50 bits per heavy atom. The van der Waals surface area contributed by atoms with Gasteiger partial charge in [0.1, 0.15) is 0 Å². The van der Waals surface area contributed by atoms with Crippen LogP contribution in [0.3, 0.4) is 0 Å². The van der Waals surface area contributed by atoms with Gasteiger partial charge in [-0.25, -0.2) is 5.48 Å². The lowest BCUT2D eigenvalue weighted by molar-refractivity contribution is -0.134. The van der Waals surface area contributed by atoms with Crippen molar-refractivity contribution in [3.63, 3.8) is 0 Å². The molecule has 0 saturated carbocycles. The van der Waals surface area contributed by atoms with Gasteiger partial charge in [0.05, 0.1) is 5.54 Å². The Labute approximate surface area is 59.6 Å². The average molecular weight is 144 g/mol. The van der Waals surface area contributed by atoms with Crippen molar-refractivity contribution in [3.05, 3.63) is 0 Å². The van der Waals surface area contributed by atoms with Gasteiger partial charge in [-0.1, -0.05) is 0 Å². The van der Waals surface area contributed by atoms with Crippen LogP contribution in [0, 0.1) is 0 Å². The van der Waals surface area contributed by atoms with E-state index in [1.807, 2.05) is 0 Å². The van der Waals surface area contributed by atoms with Crippen LogP contribution in [0.1, 0.15) is 19.8 Å². The summed E-state index contributed by atoms with van der Waals surface area (Å²) in [5.41, 5.74) is 1.10. The van der Waals surface area contributed by atoms with E-state index in [0.717, 1.165) is 19.4 Å². The van der Waals surface area contributed by atoms with E-state index in [2.05, 4.69) is 5.32 Å². The molecule has 1 unspecified atom stereocenters. The van der Waals surface area contributed by atoms with Gasteiger partial charge in [-0.05, 0) is 26.3 Å². The van der Waals surface area contributed by atoms with Crippen LogP contribution < -0.4 is 10.8 Å². The van der Waals surface area contributed by atoms with Gasteiger partial charge in [0, 0.05) is 0 Å². The quantitative estimate of drug-likeness (QED) is 0.347. The normalized spacial score (nSPS) is 32.2. The van der Waals surface area contributed by atoms with E-state index in [9.17, 15) is 4.79 Å². The number of carbonyl (C=O) groups is 1. The number of amides is 1. The summed E-state index contributed by atoms with van der Waals surface area (Å²) in [6, 6.07) is 0. The van der Waals surface area contributed by atoms with Crippen LogP contribution in [0.15, 0.2) is 0 Å². The zero-order chi connectivity index (χ0) is 7.61. The zero-order valence-electron chi connectivity index (χ0n) is 5.98. The van der Waals surface area contributed by atoms with Crippen molar-refractivity contribution < 1.29 is 10.0 Å². The van der Waals surface area contributed by atoms with Crippen molar-refractivity contribution in [2.45, 2.75) is 25.3 Å². The summed E-state index contributed by atoms with van der Waals surface area (Å²) in [4.78, 5) is 10.9. The topological polar surface area (TPSA) is 61.4 Å². The van der Waals surface area contributed by atoms with E-state index in [0.29, 0.717) is 0 Å². The van der Waals surface area contributed by atoms with E-state index in [1.165, 1.54) is 0 Å². The van der Waals surface area contributed by atoms with Crippen LogP contribution in [-0.2, 0) is 4.79 Å². The van der Waals surface area contributed by atoms with Crippen molar-refractivity contribution >= 4 is 5.91 Å². The second-order valence-electron chi connectivity index (χ2n) is 2.80. The molecule has 0 aromatic carbocycles. The fraction of sp³-hybridized carbons (Fsp3) is 0.833. The largest absolute Gasteiger partial charge is 0.303 e. The maximum absolute atomic E-state index is 10.9. The lowest BCUT2D eigenvalue weighted by atomic mass is 10.0. The minimum Gasteiger partial charge on any atom is -0.303 e. The van der Waals surface area contributed by atoms with E-state index >= 15 is 0 Å². The molecule has 0 aliphatic carbocycles. The van der Waals surface area contributed by atoms with Crippen LogP contribution in [0.4, 0.5) is 0 Å². The molecular weight excluding hydrogens is 132 g/mol. The molecule has 58 valence electrons. The van der Waals surface area contributed by atoms with Crippen molar-refractivity contribution in [2.75, 3.05) is 6.54 Å². The van der Waals surface area contributed by atoms with Crippen molar-refractivity contribution in [3.8, 4) is 0 Å². The molecule has 0 aromatic heterocycles. The number of carbonyl (C=O) groups excluding carboxylic acids is 1. The fourth-order valence-electron chi connectivity index (χ4n) is 1.21. The molecule has 1 atom stereocenters. The van der Waals surface area contributed by atoms with Crippen molar-refractivity contribution in [1.29, 1.82) is 0 Å². The molecule has 0 aromatic rings. The van der Waals surface area contributed by atoms with Crippen LogP contribution in [-0.4, -0.2) is 23.2 Å². The molecule has 0 spiro atoms. The summed E-state index contributed by atoms with van der Waals surface area (Å²) in [7, 11) is 0. The summed E-state index contributed by atoms with van der Waals surface area (Å²) in [5, 5.41) is 11.3. The fourth-order valence-corrected chi connectivity index (χ4v) is 1.21. The minimum atomic E-state index is -0.547. The highest BCUT2D eigenvalue weighted by Crippen LogP contribution is 2.17. The number of nitrogens with one attached hydrogen (secondary N) is 2. The highest BCUT2D eigenvalue weighted by atomic mass is 16.5. The van der Waals surface area contributed by atoms with Crippen molar-refractivity contribution in [1.82, 2.24) is 10.8 Å². The van der Waals surface area contributed by atoms with E-state index in [-0.39, 0.29) is 5.91 Å². The second kappa shape index (κ2) is 2.56. The Bertz CT molecular complexity index is 141. The number of rotatable bonds is 1. The zero-order valence-corrected chi connectivity index (χ0v) is 5.98. The molecule has 3 N–H and O–H groups in total. The maximum Gasteiger partial charge on any atom is 0.263 e. The first kappa shape index (κ1) is 7.50. The summed E-state index contributed by atoms with van der Waals surface area (Å²) in [5.74, 6) is -0.343. The Morgan fingerprint density at radius 3 is 2.90 bits per heavy atom. The number of hydrogen-bond acceptors (Lipinski definition) is 3. The monoisotopic (exact) mass is 144 g/mol. The van der Waals surface area contributed by atoms with Gasteiger partial charge in [-0.2, -0.15) is 0 Å². The average Bonchev–Trinajstić information content (AvgIpc) is 2.36. The summed E-state index contributed by atoms with van der Waals surface area (Å²) in [6.45, 7) is 2.63. The van der Waals surface area contributed by atoms with E-state index in [4.69, 9.17) is 5.21 Å². The predicted octanol–water partition coefficient (Wildman–Crippen LogP) is -0.366. The molecule has 4 nitrogen and oxygen atoms in total. The van der Waals surface area contributed by atoms with Gasteiger partial charge in [-0.15, -0.1) is 0 Å². The van der Waals surface area contributed by atoms with Gasteiger partial charge in [0.2, 0.25) is 0 Å². The molecule has 1 aliphatic heterocycles. The molecule has 1 saturated heterocycles. The van der Waals surface area contributed by atoms with Gasteiger partial charge in [0.15, 0.2) is 0 Å². The molecule has 1 amide bonds. The first-order valence-electron chi connectivity index (χ1n) is 3.38. The Balaban J connectivity index is 2.58. The van der Waals surface area contributed by atoms with Crippen LogP contribution in [0.2, 0.25) is 0 Å². The Morgan fingerprint density at radius 1 is 1.80 bits per heavy atom. The predicted molar refractivity (Wildman–Crippen MR) is 35.6 cm³/mol. The maximum atomic E-state index is 10.9. The molecule has 0 radical (unpaired) electrons. The molecule has 1 rings (SSSR count). The van der Waals surface area contributed by atoms with Crippen molar-refractivity contribution in [2.24, 2.45) is 0 Å². The summed E-state index contributed by atoms with van der Waals surface area (Å²) < 4.78 is 0. The van der Waals surface area contributed by atoms with E-state index < -0.39 is 5.54 Å². The molecule has 10 heavy (non-hydrogen) atoms. The third kappa shape index (κ3) is 1.12. The van der Waals surface area contributed by atoms with Gasteiger partial charge < -0.3 is 5.32 Å². The lowest BCUT2D eigenvalue weighted by Crippen LogP contribution is -2.50. The molecule has 1 fully saturated rings. The first-order chi connectivity index (χ1) is 4.69. The van der Waals surface area contributed by atoms with Crippen LogP contribution in [0.25, 0.3) is 0 Å². The van der Waals surface area contributed by atoms with Gasteiger partial charge >= 0.3 is 0 Å². The SMILES string of the molecule is CC1(C(=O)NO)CCCN1. The lowest BCUT2D eigenvalue weighted by Gasteiger charge is -2.20. The third-order valence-electron chi connectivity index (χ3n) is 1.97.